The van der Waals surface area contributed by atoms with E-state index in [0.717, 1.165) is 0 Å². The van der Waals surface area contributed by atoms with Gasteiger partial charge in [-0.05, 0) is 36.4 Å². The van der Waals surface area contributed by atoms with Crippen molar-refractivity contribution in [2.45, 2.75) is 0 Å². The van der Waals surface area contributed by atoms with Crippen molar-refractivity contribution >= 4 is 29.3 Å². The van der Waals surface area contributed by atoms with Crippen molar-refractivity contribution in [3.63, 3.8) is 0 Å². The number of halogens is 1. The summed E-state index contributed by atoms with van der Waals surface area (Å²) in [6.45, 7) is 0. The van der Waals surface area contributed by atoms with E-state index >= 15 is 0 Å². The third kappa shape index (κ3) is 1.82. The fourth-order valence-electron chi connectivity index (χ4n) is 2.10. The molecule has 0 radical (unpaired) electrons. The van der Waals surface area contributed by atoms with Crippen molar-refractivity contribution in [3.05, 3.63) is 70.2 Å². The van der Waals surface area contributed by atoms with Crippen molar-refractivity contribution in [2.75, 3.05) is 0 Å². The number of hydrogen-bond donors (Lipinski definition) is 0. The number of hydrogen-bond acceptors (Lipinski definition) is 3. The quantitative estimate of drug-likeness (QED) is 0.757. The zero-order valence-corrected chi connectivity index (χ0v) is 10.9. The lowest BCUT2D eigenvalue weighted by molar-refractivity contribution is 0.0566. The van der Waals surface area contributed by atoms with E-state index in [-0.39, 0.29) is 16.7 Å². The van der Waals surface area contributed by atoms with Gasteiger partial charge in [-0.2, -0.15) is 0 Å². The highest BCUT2D eigenvalue weighted by atomic mass is 35.5. The molecule has 4 nitrogen and oxygen atoms in total. The Morgan fingerprint density at radius 1 is 0.850 bits per heavy atom. The molecular formula is C15H8ClNO3. The van der Waals surface area contributed by atoms with Crippen LogP contribution in [0, 0.1) is 0 Å². The van der Waals surface area contributed by atoms with Gasteiger partial charge in [0, 0.05) is 10.6 Å². The van der Waals surface area contributed by atoms with Crippen molar-refractivity contribution in [1.29, 1.82) is 0 Å². The minimum Gasteiger partial charge on any atom is -0.268 e. The number of carbonyl (C=O) groups excluding carboxylic acids is 3. The summed E-state index contributed by atoms with van der Waals surface area (Å²) in [4.78, 5) is 37.2. The lowest BCUT2D eigenvalue weighted by atomic mass is 10.1. The van der Waals surface area contributed by atoms with Gasteiger partial charge in [0.05, 0.1) is 11.1 Å². The molecule has 0 spiro atoms. The summed E-state index contributed by atoms with van der Waals surface area (Å²) in [5.74, 6) is -1.83. The van der Waals surface area contributed by atoms with Crippen LogP contribution in [0.25, 0.3) is 0 Å². The molecule has 2 aromatic rings. The summed E-state index contributed by atoms with van der Waals surface area (Å²) in [6.07, 6.45) is 0. The summed E-state index contributed by atoms with van der Waals surface area (Å²) in [6, 6.07) is 12.4. The average molecular weight is 286 g/mol. The highest BCUT2D eigenvalue weighted by Gasteiger charge is 2.39. The normalized spacial score (nSPS) is 13.6. The Morgan fingerprint density at radius 2 is 1.35 bits per heavy atom. The fraction of sp³-hybridized carbons (Fsp3) is 0. The highest BCUT2D eigenvalue weighted by Crippen LogP contribution is 2.24. The van der Waals surface area contributed by atoms with Crippen LogP contribution in [-0.2, 0) is 0 Å². The van der Waals surface area contributed by atoms with Crippen LogP contribution in [0.15, 0.2) is 48.5 Å². The fourth-order valence-corrected chi connectivity index (χ4v) is 2.22. The van der Waals surface area contributed by atoms with Crippen LogP contribution < -0.4 is 0 Å². The Balaban J connectivity index is 2.00. The first-order valence-corrected chi connectivity index (χ1v) is 6.25. The number of amides is 3. The third-order valence-corrected chi connectivity index (χ3v) is 3.34. The lowest BCUT2D eigenvalue weighted by Crippen LogP contribution is -2.36. The second-order valence-corrected chi connectivity index (χ2v) is 4.74. The molecule has 3 rings (SSSR count). The molecule has 1 heterocycles. The molecule has 5 heteroatoms. The molecular weight excluding hydrogens is 278 g/mol. The van der Waals surface area contributed by atoms with Gasteiger partial charge in [-0.1, -0.05) is 23.7 Å². The Bertz CT molecular complexity index is 702. The summed E-state index contributed by atoms with van der Waals surface area (Å²) in [5, 5.41) is 0.476. The molecule has 1 aliphatic rings. The van der Waals surface area contributed by atoms with Gasteiger partial charge in [-0.3, -0.25) is 14.4 Å². The number of imide groups is 3. The van der Waals surface area contributed by atoms with Crippen molar-refractivity contribution in [3.8, 4) is 0 Å². The molecule has 98 valence electrons. The molecule has 0 fully saturated rings. The molecule has 2 aromatic carbocycles. The van der Waals surface area contributed by atoms with Gasteiger partial charge in [0.25, 0.3) is 17.7 Å². The van der Waals surface area contributed by atoms with Gasteiger partial charge >= 0.3 is 0 Å². The summed E-state index contributed by atoms with van der Waals surface area (Å²) < 4.78 is 0. The molecule has 0 saturated carbocycles. The van der Waals surface area contributed by atoms with E-state index in [1.54, 1.807) is 12.1 Å². The zero-order chi connectivity index (χ0) is 14.3. The highest BCUT2D eigenvalue weighted by molar-refractivity contribution is 6.32. The van der Waals surface area contributed by atoms with Crippen LogP contribution in [0.1, 0.15) is 31.1 Å². The number of nitrogens with zero attached hydrogens (tertiary/aromatic N) is 1. The molecule has 0 bridgehead atoms. The molecule has 3 amide bonds. The molecule has 0 saturated heterocycles. The van der Waals surface area contributed by atoms with Crippen LogP contribution in [0.5, 0.6) is 0 Å². The predicted octanol–water partition coefficient (Wildman–Crippen LogP) is 2.78. The monoisotopic (exact) mass is 285 g/mol. The maximum absolute atomic E-state index is 12.3. The van der Waals surface area contributed by atoms with E-state index < -0.39 is 17.7 Å². The van der Waals surface area contributed by atoms with E-state index in [1.807, 2.05) is 0 Å². The van der Waals surface area contributed by atoms with Crippen LogP contribution in [0.2, 0.25) is 5.02 Å². The van der Waals surface area contributed by atoms with Gasteiger partial charge < -0.3 is 0 Å². The maximum Gasteiger partial charge on any atom is 0.268 e. The summed E-state index contributed by atoms with van der Waals surface area (Å²) in [7, 11) is 0. The number of fused-ring (bicyclic) bond motifs is 1. The molecule has 20 heavy (non-hydrogen) atoms. The molecule has 0 atom stereocenters. The van der Waals surface area contributed by atoms with Crippen LogP contribution in [0.3, 0.4) is 0 Å². The van der Waals surface area contributed by atoms with Crippen LogP contribution >= 0.6 is 11.6 Å². The van der Waals surface area contributed by atoms with E-state index in [9.17, 15) is 14.4 Å². The molecule has 0 aliphatic carbocycles. The van der Waals surface area contributed by atoms with Crippen LogP contribution in [-0.4, -0.2) is 22.6 Å². The minimum atomic E-state index is -0.645. The van der Waals surface area contributed by atoms with Crippen molar-refractivity contribution in [1.82, 2.24) is 4.90 Å². The lowest BCUT2D eigenvalue weighted by Gasteiger charge is -2.11. The average Bonchev–Trinajstić information content (AvgIpc) is 2.72. The van der Waals surface area contributed by atoms with Gasteiger partial charge in [-0.25, -0.2) is 4.90 Å². The molecule has 1 aliphatic heterocycles. The first kappa shape index (κ1) is 12.6. The van der Waals surface area contributed by atoms with E-state index in [4.69, 9.17) is 11.6 Å². The Kier molecular flexibility index (Phi) is 2.88. The van der Waals surface area contributed by atoms with Crippen LogP contribution in [0.4, 0.5) is 0 Å². The number of carbonyl (C=O) groups is 3. The minimum absolute atomic E-state index is 0.240. The topological polar surface area (TPSA) is 54.5 Å². The zero-order valence-electron chi connectivity index (χ0n) is 10.2. The van der Waals surface area contributed by atoms with Crippen molar-refractivity contribution < 1.29 is 14.4 Å². The van der Waals surface area contributed by atoms with E-state index in [2.05, 4.69) is 0 Å². The standard InChI is InChI=1S/C15H8ClNO3/c16-10-7-5-9(6-8-10)13(18)17-14(19)11-3-1-2-4-12(11)15(17)20/h1-8H. The first-order chi connectivity index (χ1) is 9.59. The number of rotatable bonds is 1. The van der Waals surface area contributed by atoms with Crippen molar-refractivity contribution in [2.24, 2.45) is 0 Å². The predicted molar refractivity (Wildman–Crippen MR) is 72.7 cm³/mol. The Labute approximate surface area is 119 Å². The Hall–Kier alpha value is -2.46. The number of benzene rings is 2. The first-order valence-electron chi connectivity index (χ1n) is 5.87. The van der Waals surface area contributed by atoms with Gasteiger partial charge in [0.1, 0.15) is 0 Å². The molecule has 0 unspecified atom stereocenters. The molecule has 0 N–H and O–H groups in total. The second kappa shape index (κ2) is 4.58. The third-order valence-electron chi connectivity index (χ3n) is 3.09. The van der Waals surface area contributed by atoms with Gasteiger partial charge in [-0.15, -0.1) is 0 Å². The van der Waals surface area contributed by atoms with E-state index in [0.29, 0.717) is 9.92 Å². The SMILES string of the molecule is O=C(c1ccc(Cl)cc1)N1C(=O)c2ccccc2C1=O. The maximum atomic E-state index is 12.3. The Morgan fingerprint density at radius 3 is 1.85 bits per heavy atom. The summed E-state index contributed by atoms with van der Waals surface area (Å²) >= 11 is 5.75. The van der Waals surface area contributed by atoms with Gasteiger partial charge in [0.15, 0.2) is 0 Å². The van der Waals surface area contributed by atoms with E-state index in [1.165, 1.54) is 36.4 Å². The largest absolute Gasteiger partial charge is 0.268 e. The smallest absolute Gasteiger partial charge is 0.268 e. The van der Waals surface area contributed by atoms with Gasteiger partial charge in [0.2, 0.25) is 0 Å². The second-order valence-electron chi connectivity index (χ2n) is 4.30. The molecule has 0 aromatic heterocycles. The summed E-state index contributed by atoms with van der Waals surface area (Å²) in [5.41, 5.74) is 0.739.